The minimum Gasteiger partial charge on any atom is -0.448 e. The van der Waals surface area contributed by atoms with E-state index in [9.17, 15) is 4.79 Å². The van der Waals surface area contributed by atoms with Crippen LogP contribution in [-0.4, -0.2) is 6.29 Å². The van der Waals surface area contributed by atoms with Crippen molar-refractivity contribution in [1.82, 2.24) is 0 Å². The molecule has 2 aromatic rings. The summed E-state index contributed by atoms with van der Waals surface area (Å²) in [7, 11) is 0. The number of carbonyl (C=O) groups excluding carboxylic acids is 1. The van der Waals surface area contributed by atoms with Crippen LogP contribution in [0.3, 0.4) is 0 Å². The van der Waals surface area contributed by atoms with Crippen LogP contribution in [0.25, 0.3) is 11.0 Å². The van der Waals surface area contributed by atoms with E-state index in [1.54, 1.807) is 0 Å². The zero-order valence-corrected chi connectivity index (χ0v) is 10.1. The monoisotopic (exact) mass is 350 g/mol. The molecule has 0 radical (unpaired) electrons. The van der Waals surface area contributed by atoms with Crippen LogP contribution in [0.1, 0.15) is 10.4 Å². The van der Waals surface area contributed by atoms with Gasteiger partial charge in [0, 0.05) is 28.0 Å². The highest BCUT2D eigenvalue weighted by Gasteiger charge is 2.12. The summed E-state index contributed by atoms with van der Waals surface area (Å²) < 4.78 is 6.93. The number of carbonyl (C=O) groups is 1. The molecule has 2 rings (SSSR count). The molecule has 0 saturated heterocycles. The van der Waals surface area contributed by atoms with Gasteiger partial charge in [0.15, 0.2) is 10.1 Å². The van der Waals surface area contributed by atoms with Gasteiger partial charge < -0.3 is 4.42 Å². The Labute approximate surface area is 96.6 Å². The smallest absolute Gasteiger partial charge is 0.175 e. The summed E-state index contributed by atoms with van der Waals surface area (Å²) in [5.74, 6) is 0. The molecule has 4 heteroatoms. The molecule has 1 aromatic heterocycles. The van der Waals surface area contributed by atoms with E-state index in [0.29, 0.717) is 9.33 Å². The molecule has 2 nitrogen and oxygen atoms in total. The van der Waals surface area contributed by atoms with Crippen LogP contribution in [0.5, 0.6) is 0 Å². The van der Waals surface area contributed by atoms with E-state index in [-0.39, 0.29) is 0 Å². The number of hydrogen-bond donors (Lipinski definition) is 0. The van der Waals surface area contributed by atoms with Crippen molar-refractivity contribution in [3.63, 3.8) is 0 Å². The third-order valence-corrected chi connectivity index (χ3v) is 3.20. The van der Waals surface area contributed by atoms with Crippen molar-refractivity contribution in [2.45, 2.75) is 0 Å². The van der Waals surface area contributed by atoms with Gasteiger partial charge in [-0.1, -0.05) is 12.1 Å². The van der Waals surface area contributed by atoms with E-state index in [1.807, 2.05) is 40.8 Å². The number of fused-ring (bicyclic) bond motifs is 1. The van der Waals surface area contributed by atoms with Crippen molar-refractivity contribution in [1.29, 1.82) is 0 Å². The zero-order valence-electron chi connectivity index (χ0n) is 6.38. The van der Waals surface area contributed by atoms with Crippen LogP contribution < -0.4 is 0 Å². The fourth-order valence-electron chi connectivity index (χ4n) is 1.18. The number of rotatable bonds is 1. The Morgan fingerprint density at radius 1 is 1.46 bits per heavy atom. The van der Waals surface area contributed by atoms with E-state index in [0.717, 1.165) is 21.7 Å². The van der Waals surface area contributed by atoms with Crippen molar-refractivity contribution in [2.75, 3.05) is 0 Å². The maximum atomic E-state index is 10.7. The lowest BCUT2D eigenvalue weighted by molar-refractivity contribution is 0.112. The first kappa shape index (κ1) is 9.21. The van der Waals surface area contributed by atoms with Crippen molar-refractivity contribution >= 4 is 55.8 Å². The number of furan rings is 1. The number of benzene rings is 1. The summed E-state index contributed by atoms with van der Waals surface area (Å²) >= 11 is 5.37. The topological polar surface area (TPSA) is 30.2 Å². The lowest BCUT2D eigenvalue weighted by Crippen LogP contribution is -1.77. The maximum absolute atomic E-state index is 10.7. The third kappa shape index (κ3) is 1.42. The van der Waals surface area contributed by atoms with Gasteiger partial charge in [-0.25, -0.2) is 0 Å². The average Bonchev–Trinajstić information content (AvgIpc) is 2.43. The van der Waals surface area contributed by atoms with Gasteiger partial charge in [-0.2, -0.15) is 0 Å². The molecule has 1 heterocycles. The second-order valence-corrected chi connectivity index (χ2v) is 4.36. The van der Waals surface area contributed by atoms with E-state index >= 15 is 0 Å². The van der Waals surface area contributed by atoms with Crippen LogP contribution in [0.15, 0.2) is 27.1 Å². The lowest BCUT2D eigenvalue weighted by atomic mass is 10.2. The first-order valence-corrected chi connectivity index (χ1v) is 5.43. The van der Waals surface area contributed by atoms with E-state index < -0.39 is 0 Å². The fourth-order valence-corrected chi connectivity index (χ4v) is 2.27. The molecule has 0 aliphatic rings. The summed E-state index contributed by atoms with van der Waals surface area (Å²) in [5.41, 5.74) is 1.35. The molecule has 0 unspecified atom stereocenters. The van der Waals surface area contributed by atoms with Crippen LogP contribution in [-0.2, 0) is 0 Å². The molecule has 0 spiro atoms. The Kier molecular flexibility index (Phi) is 2.42. The van der Waals surface area contributed by atoms with Crippen LogP contribution in [0, 0.1) is 3.77 Å². The standard InChI is InChI=1S/C9H4BrIO2/c10-7-3-1-2-5-6(4-12)9(11)13-8(5)7/h1-4H. The molecule has 66 valence electrons. The molecular weight excluding hydrogens is 347 g/mol. The molecule has 0 amide bonds. The van der Waals surface area contributed by atoms with Gasteiger partial charge in [-0.3, -0.25) is 4.79 Å². The minimum atomic E-state index is 0.622. The molecule has 1 aromatic carbocycles. The number of aldehydes is 1. The maximum Gasteiger partial charge on any atom is 0.175 e. The van der Waals surface area contributed by atoms with Crippen LogP contribution in [0.2, 0.25) is 0 Å². The molecule has 0 aliphatic heterocycles. The molecule has 0 fully saturated rings. The Balaban J connectivity index is 2.93. The normalized spacial score (nSPS) is 10.6. The van der Waals surface area contributed by atoms with E-state index in [4.69, 9.17) is 4.42 Å². The predicted molar refractivity (Wildman–Crippen MR) is 62.0 cm³/mol. The Hall–Kier alpha value is -0.360. The molecule has 0 aliphatic carbocycles. The number of para-hydroxylation sites is 1. The summed E-state index contributed by atoms with van der Waals surface area (Å²) in [6, 6.07) is 5.64. The van der Waals surface area contributed by atoms with Gasteiger partial charge in [0.25, 0.3) is 0 Å². The van der Waals surface area contributed by atoms with Crippen LogP contribution in [0.4, 0.5) is 0 Å². The average molecular weight is 351 g/mol. The largest absolute Gasteiger partial charge is 0.448 e. The van der Waals surface area contributed by atoms with Crippen molar-refractivity contribution < 1.29 is 9.21 Å². The Morgan fingerprint density at radius 2 is 2.23 bits per heavy atom. The second kappa shape index (κ2) is 3.42. The summed E-state index contributed by atoms with van der Waals surface area (Å²) in [6.07, 6.45) is 0.819. The molecule has 0 N–H and O–H groups in total. The molecule has 0 atom stereocenters. The van der Waals surface area contributed by atoms with Crippen molar-refractivity contribution in [2.24, 2.45) is 0 Å². The quantitative estimate of drug-likeness (QED) is 0.581. The van der Waals surface area contributed by atoms with Gasteiger partial charge in [0.1, 0.15) is 5.58 Å². The van der Waals surface area contributed by atoms with Gasteiger partial charge in [-0.15, -0.1) is 0 Å². The summed E-state index contributed by atoms with van der Waals surface area (Å²) in [5, 5.41) is 0.855. The van der Waals surface area contributed by atoms with Gasteiger partial charge >= 0.3 is 0 Å². The van der Waals surface area contributed by atoms with Gasteiger partial charge in [0.05, 0.1) is 10.0 Å². The molecule has 0 saturated carbocycles. The fraction of sp³-hybridized carbons (Fsp3) is 0. The van der Waals surface area contributed by atoms with E-state index in [2.05, 4.69) is 15.9 Å². The highest BCUT2D eigenvalue weighted by atomic mass is 127. The number of hydrogen-bond acceptors (Lipinski definition) is 2. The highest BCUT2D eigenvalue weighted by molar-refractivity contribution is 14.1. The highest BCUT2D eigenvalue weighted by Crippen LogP contribution is 2.30. The van der Waals surface area contributed by atoms with E-state index in [1.165, 1.54) is 0 Å². The summed E-state index contributed by atoms with van der Waals surface area (Å²) in [6.45, 7) is 0. The van der Waals surface area contributed by atoms with Crippen molar-refractivity contribution in [3.05, 3.63) is 32.0 Å². The second-order valence-electron chi connectivity index (χ2n) is 2.52. The van der Waals surface area contributed by atoms with Gasteiger partial charge in [0.2, 0.25) is 0 Å². The molecule has 0 bridgehead atoms. The predicted octanol–water partition coefficient (Wildman–Crippen LogP) is 3.61. The van der Waals surface area contributed by atoms with Crippen LogP contribution >= 0.6 is 38.5 Å². The Morgan fingerprint density at radius 3 is 2.92 bits per heavy atom. The summed E-state index contributed by atoms with van der Waals surface area (Å²) in [4.78, 5) is 10.7. The third-order valence-electron chi connectivity index (χ3n) is 1.78. The minimum absolute atomic E-state index is 0.622. The van der Waals surface area contributed by atoms with Crippen molar-refractivity contribution in [3.8, 4) is 0 Å². The SMILES string of the molecule is O=Cc1c(I)oc2c(Br)cccc12. The Bertz CT molecular complexity index is 476. The first-order valence-electron chi connectivity index (χ1n) is 3.55. The molecular formula is C9H4BrIO2. The lowest BCUT2D eigenvalue weighted by Gasteiger charge is -1.90. The molecule has 13 heavy (non-hydrogen) atoms. The zero-order chi connectivity index (χ0) is 9.42. The first-order chi connectivity index (χ1) is 6.24. The number of halogens is 2. The van der Waals surface area contributed by atoms with Gasteiger partial charge in [-0.05, 0) is 22.0 Å².